The number of ketones is 1. The van der Waals surface area contributed by atoms with Gasteiger partial charge in [-0.3, -0.25) is 14.4 Å². The normalized spacial score (nSPS) is 13.6. The molecule has 0 unspecified atom stereocenters. The zero-order valence-corrected chi connectivity index (χ0v) is 25.5. The predicted molar refractivity (Wildman–Crippen MR) is 174 cm³/mol. The number of benzene rings is 4. The number of carbonyl (C=O) groups excluding carboxylic acids is 2. The molecule has 48 heavy (non-hydrogen) atoms. The molecule has 0 atom stereocenters. The number of aliphatic hydroxyl groups excluding tert-OH is 1. The van der Waals surface area contributed by atoms with E-state index in [0.29, 0.717) is 19.2 Å². The molecule has 1 aliphatic rings. The van der Waals surface area contributed by atoms with E-state index in [4.69, 9.17) is 0 Å². The molecule has 4 aromatic carbocycles. The van der Waals surface area contributed by atoms with Crippen molar-refractivity contribution in [2.45, 2.75) is 13.0 Å². The molecule has 1 fully saturated rings. The highest BCUT2D eigenvalue weighted by Crippen LogP contribution is 2.28. The highest BCUT2D eigenvalue weighted by atomic mass is 19.2. The highest BCUT2D eigenvalue weighted by Gasteiger charge is 2.27. The number of aliphatic hydroxyl groups is 1. The fourth-order valence-electron chi connectivity index (χ4n) is 5.88. The molecule has 7 nitrogen and oxygen atoms in total. The van der Waals surface area contributed by atoms with Crippen LogP contribution in [0.3, 0.4) is 0 Å². The van der Waals surface area contributed by atoms with Crippen molar-refractivity contribution in [1.29, 1.82) is 0 Å². The molecule has 0 saturated carbocycles. The number of anilines is 1. The number of amides is 1. The van der Waals surface area contributed by atoms with Gasteiger partial charge in [-0.2, -0.15) is 0 Å². The number of carbonyl (C=O) groups is 2. The van der Waals surface area contributed by atoms with Crippen LogP contribution in [-0.2, 0) is 22.6 Å². The summed E-state index contributed by atoms with van der Waals surface area (Å²) in [6.07, 6.45) is 1.58. The summed E-state index contributed by atoms with van der Waals surface area (Å²) in [5.41, 5.74) is -0.195. The fraction of sp³-hybridized carbons (Fsp3) is 0.162. The number of hydrogen-bond donors (Lipinski definition) is 1. The summed E-state index contributed by atoms with van der Waals surface area (Å²) in [5.74, 6) is -7.84. The molecule has 244 valence electrons. The number of nitrogens with zero attached hydrogens (tertiary/aromatic N) is 3. The van der Waals surface area contributed by atoms with Crippen molar-refractivity contribution in [3.05, 3.63) is 153 Å². The van der Waals surface area contributed by atoms with E-state index in [1.807, 2.05) is 42.5 Å². The van der Waals surface area contributed by atoms with E-state index < -0.39 is 51.8 Å². The van der Waals surface area contributed by atoms with Crippen LogP contribution in [0.5, 0.6) is 0 Å². The van der Waals surface area contributed by atoms with Gasteiger partial charge in [0, 0.05) is 61.5 Å². The molecule has 0 spiro atoms. The Morgan fingerprint density at radius 2 is 1.48 bits per heavy atom. The summed E-state index contributed by atoms with van der Waals surface area (Å²) < 4.78 is 57.5. The van der Waals surface area contributed by atoms with E-state index in [1.54, 1.807) is 6.07 Å². The van der Waals surface area contributed by atoms with Crippen molar-refractivity contribution in [3.63, 3.8) is 0 Å². The van der Waals surface area contributed by atoms with Gasteiger partial charge in [0.2, 0.25) is 5.78 Å². The van der Waals surface area contributed by atoms with Crippen LogP contribution >= 0.6 is 0 Å². The summed E-state index contributed by atoms with van der Waals surface area (Å²) >= 11 is 0. The van der Waals surface area contributed by atoms with Gasteiger partial charge in [0.1, 0.15) is 11.6 Å². The monoisotopic (exact) mass is 655 g/mol. The second-order valence-electron chi connectivity index (χ2n) is 11.5. The Balaban J connectivity index is 1.25. The van der Waals surface area contributed by atoms with Gasteiger partial charge in [0.25, 0.3) is 11.5 Å². The first-order valence-corrected chi connectivity index (χ1v) is 15.2. The summed E-state index contributed by atoms with van der Waals surface area (Å²) in [7, 11) is 0. The first kappa shape index (κ1) is 32.2. The lowest BCUT2D eigenvalue weighted by Crippen LogP contribution is -2.50. The van der Waals surface area contributed by atoms with E-state index in [9.17, 15) is 37.1 Å². The van der Waals surface area contributed by atoms with Gasteiger partial charge in [0.05, 0.1) is 12.1 Å². The Hall–Kier alpha value is -5.71. The predicted octanol–water partition coefficient (Wildman–Crippen LogP) is 6.01. The van der Waals surface area contributed by atoms with Crippen LogP contribution < -0.4 is 10.5 Å². The zero-order valence-electron chi connectivity index (χ0n) is 25.5. The van der Waals surface area contributed by atoms with Crippen LogP contribution in [0.15, 0.2) is 102 Å². The molecule has 6 rings (SSSR count). The lowest BCUT2D eigenvalue weighted by atomic mass is 10.0. The third-order valence-electron chi connectivity index (χ3n) is 8.38. The van der Waals surface area contributed by atoms with Crippen molar-refractivity contribution in [2.24, 2.45) is 0 Å². The minimum absolute atomic E-state index is 0.124. The minimum Gasteiger partial charge on any atom is -0.507 e. The summed E-state index contributed by atoms with van der Waals surface area (Å²) in [5, 5.41) is 13.1. The molecule has 1 N–H and O–H groups in total. The smallest absolute Gasteiger partial charge is 0.294 e. The van der Waals surface area contributed by atoms with Gasteiger partial charge in [-0.25, -0.2) is 17.6 Å². The van der Waals surface area contributed by atoms with Crippen LogP contribution in [0.1, 0.15) is 22.3 Å². The molecule has 1 aliphatic heterocycles. The number of halogens is 4. The van der Waals surface area contributed by atoms with Gasteiger partial charge in [-0.1, -0.05) is 60.7 Å². The third-order valence-corrected chi connectivity index (χ3v) is 8.38. The zero-order chi connectivity index (χ0) is 33.9. The van der Waals surface area contributed by atoms with Crippen LogP contribution in [0.4, 0.5) is 23.2 Å². The molecule has 1 aromatic heterocycles. The maximum Gasteiger partial charge on any atom is 0.294 e. The fourth-order valence-corrected chi connectivity index (χ4v) is 5.88. The Labute approximate surface area is 272 Å². The number of hydrogen-bond acceptors (Lipinski definition) is 5. The van der Waals surface area contributed by atoms with Crippen LogP contribution in [0.25, 0.3) is 16.5 Å². The molecule has 1 amide bonds. The SMILES string of the molecule is O=C(/C=C(\O)c1cc(Cc2ccc(F)c(F)c2F)cn(Cc2ccccc2F)c1=O)C(=O)N1CCN(c2cccc3ccccc23)CC1. The molecular formula is C37H29F4N3O4. The summed E-state index contributed by atoms with van der Waals surface area (Å²) in [6.45, 7) is 1.12. The van der Waals surface area contributed by atoms with E-state index in [2.05, 4.69) is 4.90 Å². The van der Waals surface area contributed by atoms with Gasteiger partial charge >= 0.3 is 0 Å². The average Bonchev–Trinajstić information content (AvgIpc) is 3.10. The molecule has 2 heterocycles. The highest BCUT2D eigenvalue weighted by molar-refractivity contribution is 6.41. The lowest BCUT2D eigenvalue weighted by Gasteiger charge is -2.36. The van der Waals surface area contributed by atoms with E-state index in [-0.39, 0.29) is 42.7 Å². The molecule has 5 aromatic rings. The topological polar surface area (TPSA) is 82.8 Å². The average molecular weight is 656 g/mol. The first-order chi connectivity index (χ1) is 23.1. The first-order valence-electron chi connectivity index (χ1n) is 15.2. The lowest BCUT2D eigenvalue weighted by molar-refractivity contribution is -0.142. The third kappa shape index (κ3) is 6.57. The largest absolute Gasteiger partial charge is 0.507 e. The molecule has 0 aliphatic carbocycles. The second kappa shape index (κ2) is 13.6. The van der Waals surface area contributed by atoms with E-state index in [1.165, 1.54) is 29.3 Å². The molecule has 0 radical (unpaired) electrons. The number of aromatic nitrogens is 1. The molecule has 0 bridgehead atoms. The van der Waals surface area contributed by atoms with E-state index in [0.717, 1.165) is 39.2 Å². The number of rotatable bonds is 8. The Kier molecular flexibility index (Phi) is 9.11. The minimum atomic E-state index is -1.67. The van der Waals surface area contributed by atoms with Crippen molar-refractivity contribution >= 4 is 33.9 Å². The van der Waals surface area contributed by atoms with Gasteiger partial charge < -0.3 is 19.5 Å². The van der Waals surface area contributed by atoms with Crippen molar-refractivity contribution in [3.8, 4) is 0 Å². The maximum absolute atomic E-state index is 14.5. The quantitative estimate of drug-likeness (QED) is 0.0728. The van der Waals surface area contributed by atoms with Crippen LogP contribution in [0.2, 0.25) is 0 Å². The van der Waals surface area contributed by atoms with Gasteiger partial charge in [-0.15, -0.1) is 0 Å². The molecular weight excluding hydrogens is 626 g/mol. The van der Waals surface area contributed by atoms with E-state index >= 15 is 0 Å². The molecule has 1 saturated heterocycles. The Morgan fingerprint density at radius 3 is 2.25 bits per heavy atom. The number of pyridine rings is 1. The van der Waals surface area contributed by atoms with Crippen molar-refractivity contribution in [1.82, 2.24) is 9.47 Å². The standard InChI is InChI=1S/C37H29F4N3O4/c38-29-10-4-2-7-26(29)22-44-21-23(18-25-12-13-30(39)35(41)34(25)40)19-28(36(44)47)32(45)20-33(46)37(48)43-16-14-42(15-17-43)31-11-5-8-24-6-1-3-9-27(24)31/h1-13,19-21,45H,14-18,22H2/b32-20-. The summed E-state index contributed by atoms with van der Waals surface area (Å²) in [6, 6.07) is 22.6. The van der Waals surface area contributed by atoms with Gasteiger partial charge in [0.15, 0.2) is 17.5 Å². The molecule has 11 heteroatoms. The summed E-state index contributed by atoms with van der Waals surface area (Å²) in [4.78, 5) is 43.1. The van der Waals surface area contributed by atoms with Gasteiger partial charge in [-0.05, 0) is 40.8 Å². The number of fused-ring (bicyclic) bond motifs is 1. The number of piperazine rings is 1. The van der Waals surface area contributed by atoms with Crippen LogP contribution in [0, 0.1) is 23.3 Å². The van der Waals surface area contributed by atoms with Crippen molar-refractivity contribution < 1.29 is 32.3 Å². The van der Waals surface area contributed by atoms with Crippen LogP contribution in [-0.4, -0.2) is 52.4 Å². The Morgan fingerprint density at radius 1 is 0.771 bits per heavy atom. The van der Waals surface area contributed by atoms with Crippen molar-refractivity contribution in [2.75, 3.05) is 31.1 Å². The second-order valence-corrected chi connectivity index (χ2v) is 11.5. The maximum atomic E-state index is 14.5. The Bertz CT molecular complexity index is 2130.